The number of carbonyl (C=O) groups is 1. The number of aliphatic hydroxyl groups excluding tert-OH is 1. The summed E-state index contributed by atoms with van der Waals surface area (Å²) in [5.41, 5.74) is 0.729. The van der Waals surface area contributed by atoms with E-state index in [4.69, 9.17) is 4.74 Å². The van der Waals surface area contributed by atoms with E-state index in [9.17, 15) is 15.0 Å². The van der Waals surface area contributed by atoms with Crippen molar-refractivity contribution in [1.82, 2.24) is 15.0 Å². The van der Waals surface area contributed by atoms with Gasteiger partial charge in [-0.2, -0.15) is 0 Å². The Bertz CT molecular complexity index is 1220. The molecule has 1 spiro atoms. The van der Waals surface area contributed by atoms with Crippen LogP contribution in [0.3, 0.4) is 0 Å². The molecule has 2 aromatic carbocycles. The van der Waals surface area contributed by atoms with E-state index in [1.165, 1.54) is 0 Å². The van der Waals surface area contributed by atoms with Gasteiger partial charge in [-0.25, -0.2) is 0 Å². The van der Waals surface area contributed by atoms with Gasteiger partial charge in [0.25, 0.3) is 5.91 Å². The summed E-state index contributed by atoms with van der Waals surface area (Å²) < 4.78 is 8.33. The van der Waals surface area contributed by atoms with Crippen molar-refractivity contribution in [2.24, 2.45) is 11.8 Å². The van der Waals surface area contributed by atoms with Gasteiger partial charge in [-0.05, 0) is 31.9 Å². The Balaban J connectivity index is 1.40. The molecule has 3 heterocycles. The molecule has 0 saturated carbocycles. The van der Waals surface area contributed by atoms with Crippen molar-refractivity contribution >= 4 is 11.6 Å². The number of aryl methyl sites for hydroxylation is 1. The van der Waals surface area contributed by atoms with E-state index < -0.39 is 17.3 Å². The zero-order chi connectivity index (χ0) is 25.0. The van der Waals surface area contributed by atoms with Crippen LogP contribution in [0.4, 0.5) is 5.69 Å². The van der Waals surface area contributed by atoms with Gasteiger partial charge in [-0.1, -0.05) is 60.7 Å². The highest BCUT2D eigenvalue weighted by Gasteiger charge is 2.65. The Morgan fingerprint density at radius 2 is 1.83 bits per heavy atom. The first-order chi connectivity index (χ1) is 16.6. The van der Waals surface area contributed by atoms with Gasteiger partial charge in [0.2, 0.25) is 0 Å². The maximum Gasteiger partial charge on any atom is 0.264 e. The number of aromatic nitrogens is 3. The number of ether oxygens (including phenoxy) is 1. The van der Waals surface area contributed by atoms with E-state index in [1.54, 1.807) is 36.7 Å². The predicted molar refractivity (Wildman–Crippen MR) is 130 cm³/mol. The lowest BCUT2D eigenvalue weighted by atomic mass is 9.71. The van der Waals surface area contributed by atoms with Crippen LogP contribution < -0.4 is 4.90 Å². The molecule has 35 heavy (non-hydrogen) atoms. The lowest BCUT2D eigenvalue weighted by Gasteiger charge is -2.34. The molecule has 0 radical (unpaired) electrons. The van der Waals surface area contributed by atoms with Crippen LogP contribution in [-0.4, -0.2) is 49.9 Å². The van der Waals surface area contributed by atoms with E-state index in [0.29, 0.717) is 18.7 Å². The molecular weight excluding hydrogens is 444 g/mol. The number of aliphatic hydroxyl groups is 2. The molecule has 3 aromatic rings. The summed E-state index contributed by atoms with van der Waals surface area (Å²) in [6.07, 6.45) is 1.03. The molecule has 8 nitrogen and oxygen atoms in total. The van der Waals surface area contributed by atoms with E-state index >= 15 is 0 Å². The highest BCUT2D eigenvalue weighted by molar-refractivity contribution is 6.07. The zero-order valence-corrected chi connectivity index (χ0v) is 20.5. The number of hydrogen-bond donors (Lipinski definition) is 2. The second-order valence-electron chi connectivity index (χ2n) is 10.2. The molecule has 5 atom stereocenters. The highest BCUT2D eigenvalue weighted by Crippen LogP contribution is 2.57. The van der Waals surface area contributed by atoms with Crippen LogP contribution in [0.1, 0.15) is 50.1 Å². The minimum absolute atomic E-state index is 0.100. The Labute approximate surface area is 205 Å². The number of likely N-dealkylation sites (N-methyl/N-ethyl adjacent to an activating group) is 1. The van der Waals surface area contributed by atoms with Crippen molar-refractivity contribution in [3.05, 3.63) is 77.6 Å². The zero-order valence-electron chi connectivity index (χ0n) is 20.5. The molecule has 2 aliphatic heterocycles. The van der Waals surface area contributed by atoms with Gasteiger partial charge in [0.05, 0.1) is 23.6 Å². The lowest BCUT2D eigenvalue weighted by Crippen LogP contribution is -2.45. The first-order valence-electron chi connectivity index (χ1n) is 12.1. The van der Waals surface area contributed by atoms with Crippen LogP contribution in [0.5, 0.6) is 0 Å². The molecule has 8 heteroatoms. The van der Waals surface area contributed by atoms with Gasteiger partial charge in [0.15, 0.2) is 5.60 Å². The molecule has 1 amide bonds. The summed E-state index contributed by atoms with van der Waals surface area (Å²) in [5.74, 6) is -0.613. The Morgan fingerprint density at radius 1 is 1.14 bits per heavy atom. The van der Waals surface area contributed by atoms with Gasteiger partial charge < -0.3 is 19.8 Å². The van der Waals surface area contributed by atoms with Crippen molar-refractivity contribution in [2.45, 2.75) is 57.1 Å². The molecule has 0 aliphatic carbocycles. The van der Waals surface area contributed by atoms with Crippen LogP contribution in [0.25, 0.3) is 0 Å². The fourth-order valence-electron chi connectivity index (χ4n) is 6.02. The third kappa shape index (κ3) is 3.76. The predicted octanol–water partition coefficient (Wildman–Crippen LogP) is 3.04. The number of para-hydroxylation sites is 1. The SMILES string of the molecule is C[C@H]1[C@H](C(C)(C)O)[C@@H](CCn2cc([C@H](O)c3ccccc3)nn2)O[C@]12C(=O)N(C)c1ccccc12. The summed E-state index contributed by atoms with van der Waals surface area (Å²) in [6.45, 7) is 6.03. The summed E-state index contributed by atoms with van der Waals surface area (Å²) in [4.78, 5) is 15.2. The van der Waals surface area contributed by atoms with Gasteiger partial charge in [0.1, 0.15) is 11.8 Å². The maximum absolute atomic E-state index is 13.6. The average Bonchev–Trinajstić information content (AvgIpc) is 3.49. The number of rotatable bonds is 6. The monoisotopic (exact) mass is 476 g/mol. The Hall–Kier alpha value is -3.07. The summed E-state index contributed by atoms with van der Waals surface area (Å²) in [5, 5.41) is 30.1. The number of benzene rings is 2. The van der Waals surface area contributed by atoms with Crippen LogP contribution in [0, 0.1) is 11.8 Å². The smallest absolute Gasteiger partial charge is 0.264 e. The fraction of sp³-hybridized carbons (Fsp3) is 0.444. The molecule has 0 bridgehead atoms. The first kappa shape index (κ1) is 23.7. The number of anilines is 1. The molecule has 2 N–H and O–H groups in total. The second kappa shape index (κ2) is 8.55. The quantitative estimate of drug-likeness (QED) is 0.567. The van der Waals surface area contributed by atoms with Crippen molar-refractivity contribution in [3.8, 4) is 0 Å². The molecule has 1 saturated heterocycles. The topological polar surface area (TPSA) is 101 Å². The van der Waals surface area contributed by atoms with Gasteiger partial charge in [0, 0.05) is 31.0 Å². The number of amides is 1. The molecule has 1 fully saturated rings. The molecule has 0 unspecified atom stereocenters. The van der Waals surface area contributed by atoms with Crippen molar-refractivity contribution in [3.63, 3.8) is 0 Å². The first-order valence-corrected chi connectivity index (χ1v) is 12.1. The largest absolute Gasteiger partial charge is 0.390 e. The van der Waals surface area contributed by atoms with Crippen molar-refractivity contribution in [1.29, 1.82) is 0 Å². The van der Waals surface area contributed by atoms with Crippen molar-refractivity contribution in [2.75, 3.05) is 11.9 Å². The van der Waals surface area contributed by atoms with Crippen molar-refractivity contribution < 1.29 is 19.7 Å². The van der Waals surface area contributed by atoms with E-state index in [2.05, 4.69) is 10.3 Å². The molecule has 1 aromatic heterocycles. The van der Waals surface area contributed by atoms with Gasteiger partial charge in [-0.15, -0.1) is 5.10 Å². The second-order valence-corrected chi connectivity index (χ2v) is 10.2. The minimum atomic E-state index is -1.13. The van der Waals surface area contributed by atoms with E-state index in [1.807, 2.05) is 61.5 Å². The summed E-state index contributed by atoms with van der Waals surface area (Å²) in [7, 11) is 1.77. The minimum Gasteiger partial charge on any atom is -0.390 e. The van der Waals surface area contributed by atoms with Crippen LogP contribution in [0.15, 0.2) is 60.8 Å². The average molecular weight is 477 g/mol. The third-order valence-corrected chi connectivity index (χ3v) is 7.62. The standard InChI is InChI=1S/C27H32N4O4/c1-17-23(26(2,3)34)22(35-27(17)19-12-8-9-13-21(19)30(4)25(27)33)14-15-31-16-20(28-29-31)24(32)18-10-6-5-7-11-18/h5-13,16-17,22-24,32,34H,14-15H2,1-4H3/t17-,22+,23-,24+,27+/m0/s1. The fourth-order valence-corrected chi connectivity index (χ4v) is 6.02. The molecular formula is C27H32N4O4. The number of hydrogen-bond acceptors (Lipinski definition) is 6. The number of carbonyl (C=O) groups excluding carboxylic acids is 1. The third-order valence-electron chi connectivity index (χ3n) is 7.62. The molecule has 2 aliphatic rings. The van der Waals surface area contributed by atoms with Gasteiger partial charge >= 0.3 is 0 Å². The lowest BCUT2D eigenvalue weighted by molar-refractivity contribution is -0.145. The number of nitrogens with zero attached hydrogens (tertiary/aromatic N) is 4. The maximum atomic E-state index is 13.6. The highest BCUT2D eigenvalue weighted by atomic mass is 16.5. The van der Waals surface area contributed by atoms with E-state index in [0.717, 1.165) is 16.8 Å². The summed E-state index contributed by atoms with van der Waals surface area (Å²) >= 11 is 0. The molecule has 184 valence electrons. The Kier molecular flexibility index (Phi) is 5.78. The van der Waals surface area contributed by atoms with Crippen LogP contribution in [-0.2, 0) is 21.7 Å². The number of fused-ring (bicyclic) bond motifs is 2. The Morgan fingerprint density at radius 3 is 2.54 bits per heavy atom. The van der Waals surface area contributed by atoms with Crippen LogP contribution in [0.2, 0.25) is 0 Å². The van der Waals surface area contributed by atoms with Gasteiger partial charge in [-0.3, -0.25) is 9.48 Å². The van der Waals surface area contributed by atoms with E-state index in [-0.39, 0.29) is 23.8 Å². The van der Waals surface area contributed by atoms with Crippen LogP contribution >= 0.6 is 0 Å². The normalized spacial score (nSPS) is 27.0. The summed E-state index contributed by atoms with van der Waals surface area (Å²) in [6, 6.07) is 17.0. The molecule has 5 rings (SSSR count).